The van der Waals surface area contributed by atoms with E-state index < -0.39 is 21.5 Å². The van der Waals surface area contributed by atoms with Gasteiger partial charge in [-0.2, -0.15) is 4.31 Å². The van der Waals surface area contributed by atoms with Crippen molar-refractivity contribution in [2.24, 2.45) is 0 Å². The Morgan fingerprint density at radius 3 is 2.30 bits per heavy atom. The number of ether oxygens (including phenoxy) is 1. The summed E-state index contributed by atoms with van der Waals surface area (Å²) in [6.07, 6.45) is 0. The van der Waals surface area contributed by atoms with Crippen LogP contribution in [0.3, 0.4) is 0 Å². The first kappa shape index (κ1) is 16.5. The summed E-state index contributed by atoms with van der Waals surface area (Å²) in [5.41, 5.74) is -0.873. The maximum Gasteiger partial charge on any atom is 0.324 e. The molecule has 0 saturated heterocycles. The lowest BCUT2D eigenvalue weighted by Crippen LogP contribution is -2.50. The Morgan fingerprint density at radius 2 is 1.90 bits per heavy atom. The first-order chi connectivity index (χ1) is 9.05. The van der Waals surface area contributed by atoms with Crippen molar-refractivity contribution in [2.45, 2.75) is 31.2 Å². The Kier molecular flexibility index (Phi) is 4.45. The van der Waals surface area contributed by atoms with Crippen LogP contribution in [0.15, 0.2) is 23.1 Å². The van der Waals surface area contributed by atoms with Gasteiger partial charge in [0.05, 0.1) is 12.0 Å². The highest BCUT2D eigenvalue weighted by Gasteiger charge is 2.40. The van der Waals surface area contributed by atoms with E-state index in [0.29, 0.717) is 11.3 Å². The highest BCUT2D eigenvalue weighted by molar-refractivity contribution is 7.89. The topological polar surface area (TPSA) is 83.9 Å². The van der Waals surface area contributed by atoms with Crippen molar-refractivity contribution < 1.29 is 23.1 Å². The van der Waals surface area contributed by atoms with Gasteiger partial charge in [-0.3, -0.25) is 4.79 Å². The molecule has 0 atom stereocenters. The molecule has 0 fully saturated rings. The molecule has 1 aromatic carbocycles. The maximum atomic E-state index is 12.5. The van der Waals surface area contributed by atoms with Crippen LogP contribution in [0.25, 0.3) is 0 Å². The zero-order valence-corrected chi connectivity index (χ0v) is 13.0. The molecule has 0 aliphatic carbocycles. The summed E-state index contributed by atoms with van der Waals surface area (Å²) in [4.78, 5) is 11.2. The summed E-state index contributed by atoms with van der Waals surface area (Å²) >= 11 is 0. The second-order valence-corrected chi connectivity index (χ2v) is 6.94. The van der Waals surface area contributed by atoms with E-state index in [1.165, 1.54) is 40.1 Å². The van der Waals surface area contributed by atoms with E-state index in [-0.39, 0.29) is 4.90 Å². The SMILES string of the molecule is COc1ccc(S(=O)(=O)N(C)C(C)(C)C(=O)O)cc1C. The molecule has 0 radical (unpaired) electrons. The van der Waals surface area contributed by atoms with Gasteiger partial charge in [-0.05, 0) is 44.5 Å². The highest BCUT2D eigenvalue weighted by Crippen LogP contribution is 2.26. The van der Waals surface area contributed by atoms with E-state index in [9.17, 15) is 13.2 Å². The first-order valence-electron chi connectivity index (χ1n) is 5.92. The van der Waals surface area contributed by atoms with E-state index in [1.807, 2.05) is 0 Å². The fourth-order valence-electron chi connectivity index (χ4n) is 1.60. The summed E-state index contributed by atoms with van der Waals surface area (Å²) in [5.74, 6) is -0.641. The van der Waals surface area contributed by atoms with E-state index in [1.54, 1.807) is 13.0 Å². The van der Waals surface area contributed by atoms with E-state index in [0.717, 1.165) is 4.31 Å². The van der Waals surface area contributed by atoms with Gasteiger partial charge >= 0.3 is 5.97 Å². The van der Waals surface area contributed by atoms with E-state index in [2.05, 4.69) is 0 Å². The third-order valence-corrected chi connectivity index (χ3v) is 5.36. The minimum atomic E-state index is -3.89. The smallest absolute Gasteiger partial charge is 0.324 e. The molecule has 112 valence electrons. The maximum absolute atomic E-state index is 12.5. The van der Waals surface area contributed by atoms with Crippen molar-refractivity contribution in [1.82, 2.24) is 4.31 Å². The minimum Gasteiger partial charge on any atom is -0.496 e. The van der Waals surface area contributed by atoms with Crippen molar-refractivity contribution in [3.05, 3.63) is 23.8 Å². The largest absolute Gasteiger partial charge is 0.496 e. The van der Waals surface area contributed by atoms with Crippen molar-refractivity contribution in [3.63, 3.8) is 0 Å². The number of sulfonamides is 1. The lowest BCUT2D eigenvalue weighted by molar-refractivity contribution is -0.145. The molecule has 0 unspecified atom stereocenters. The van der Waals surface area contributed by atoms with Crippen molar-refractivity contribution in [1.29, 1.82) is 0 Å². The molecule has 20 heavy (non-hydrogen) atoms. The van der Waals surface area contributed by atoms with Gasteiger partial charge < -0.3 is 9.84 Å². The van der Waals surface area contributed by atoms with Crippen molar-refractivity contribution in [3.8, 4) is 5.75 Å². The predicted octanol–water partition coefficient (Wildman–Crippen LogP) is 1.49. The minimum absolute atomic E-state index is 0.0348. The molecule has 0 amide bonds. The molecule has 0 aliphatic heterocycles. The Bertz CT molecular complexity index is 622. The van der Waals surface area contributed by atoms with Crippen LogP contribution < -0.4 is 4.74 Å². The number of carbonyl (C=O) groups is 1. The average molecular weight is 301 g/mol. The second kappa shape index (κ2) is 5.41. The number of hydrogen-bond donors (Lipinski definition) is 1. The molecule has 0 bridgehead atoms. The Morgan fingerprint density at radius 1 is 1.35 bits per heavy atom. The van der Waals surface area contributed by atoms with Gasteiger partial charge in [0.25, 0.3) is 0 Å². The molecule has 1 rings (SSSR count). The van der Waals surface area contributed by atoms with Gasteiger partial charge in [0.2, 0.25) is 10.0 Å². The molecule has 0 spiro atoms. The first-order valence-corrected chi connectivity index (χ1v) is 7.36. The Labute approximate surface area is 119 Å². The standard InChI is InChI=1S/C13H19NO5S/c1-9-8-10(6-7-11(9)19-5)20(17,18)14(4)13(2,3)12(15)16/h6-8H,1-5H3,(H,15,16). The number of likely N-dealkylation sites (N-methyl/N-ethyl adjacent to an activating group) is 1. The van der Waals surface area contributed by atoms with E-state index in [4.69, 9.17) is 9.84 Å². The number of hydrogen-bond acceptors (Lipinski definition) is 4. The van der Waals surface area contributed by atoms with Crippen LogP contribution in [-0.2, 0) is 14.8 Å². The van der Waals surface area contributed by atoms with Gasteiger partial charge in [0.1, 0.15) is 11.3 Å². The number of methoxy groups -OCH3 is 1. The number of carboxylic acids is 1. The summed E-state index contributed by atoms with van der Waals surface area (Å²) in [7, 11) is -1.14. The molecule has 0 aliphatic rings. The fraction of sp³-hybridized carbons (Fsp3) is 0.462. The zero-order valence-electron chi connectivity index (χ0n) is 12.2. The third kappa shape index (κ3) is 2.78. The number of nitrogens with zero attached hydrogens (tertiary/aromatic N) is 1. The number of aliphatic carboxylic acids is 1. The molecule has 0 aromatic heterocycles. The normalized spacial score (nSPS) is 12.5. The number of carboxylic acid groups (broad SMARTS) is 1. The predicted molar refractivity (Wildman–Crippen MR) is 74.4 cm³/mol. The van der Waals surface area contributed by atoms with Crippen LogP contribution in [0.1, 0.15) is 19.4 Å². The lowest BCUT2D eigenvalue weighted by atomic mass is 10.1. The molecule has 1 aromatic rings. The molecule has 6 nitrogen and oxygen atoms in total. The Hall–Kier alpha value is -1.60. The van der Waals surface area contributed by atoms with Crippen LogP contribution in [-0.4, -0.2) is 43.5 Å². The molecule has 0 saturated carbocycles. The quantitative estimate of drug-likeness (QED) is 0.890. The van der Waals surface area contributed by atoms with Gasteiger partial charge in [-0.25, -0.2) is 8.42 Å². The van der Waals surface area contributed by atoms with Crippen LogP contribution >= 0.6 is 0 Å². The molecule has 7 heteroatoms. The summed E-state index contributed by atoms with van der Waals surface area (Å²) in [5, 5.41) is 9.13. The highest BCUT2D eigenvalue weighted by atomic mass is 32.2. The molecule has 1 N–H and O–H groups in total. The second-order valence-electron chi connectivity index (χ2n) is 4.97. The molecular formula is C13H19NO5S. The van der Waals surface area contributed by atoms with Crippen molar-refractivity contribution >= 4 is 16.0 Å². The molecular weight excluding hydrogens is 282 g/mol. The zero-order chi connectivity index (χ0) is 15.7. The number of rotatable bonds is 5. The van der Waals surface area contributed by atoms with Crippen LogP contribution in [0.4, 0.5) is 0 Å². The van der Waals surface area contributed by atoms with E-state index >= 15 is 0 Å². The Balaban J connectivity index is 3.30. The van der Waals surface area contributed by atoms with Gasteiger partial charge in [-0.15, -0.1) is 0 Å². The molecule has 0 heterocycles. The fourth-order valence-corrected chi connectivity index (χ4v) is 3.17. The van der Waals surface area contributed by atoms with Crippen LogP contribution in [0, 0.1) is 6.92 Å². The van der Waals surface area contributed by atoms with Crippen LogP contribution in [0.2, 0.25) is 0 Å². The summed E-state index contributed by atoms with van der Waals surface area (Å²) in [6.45, 7) is 4.40. The van der Waals surface area contributed by atoms with Gasteiger partial charge in [-0.1, -0.05) is 0 Å². The third-order valence-electron chi connectivity index (χ3n) is 3.34. The van der Waals surface area contributed by atoms with Crippen LogP contribution in [0.5, 0.6) is 5.75 Å². The number of benzene rings is 1. The summed E-state index contributed by atoms with van der Waals surface area (Å²) < 4.78 is 30.8. The average Bonchev–Trinajstić information content (AvgIpc) is 2.37. The summed E-state index contributed by atoms with van der Waals surface area (Å²) in [6, 6.07) is 4.40. The van der Waals surface area contributed by atoms with Gasteiger partial charge in [0.15, 0.2) is 0 Å². The van der Waals surface area contributed by atoms with Gasteiger partial charge in [0, 0.05) is 7.05 Å². The van der Waals surface area contributed by atoms with Crippen molar-refractivity contribution in [2.75, 3.05) is 14.2 Å². The lowest BCUT2D eigenvalue weighted by Gasteiger charge is -2.30. The number of aryl methyl sites for hydroxylation is 1. The monoisotopic (exact) mass is 301 g/mol.